The molecule has 2 rings (SSSR count). The normalized spacial score (nSPS) is 17.6. The number of nitrogens with one attached hydrogen (secondary N) is 1. The molecule has 1 aliphatic heterocycles. The van der Waals surface area contributed by atoms with Gasteiger partial charge in [0.25, 0.3) is 0 Å². The minimum atomic E-state index is -0.497. The first-order chi connectivity index (χ1) is 10.2. The van der Waals surface area contributed by atoms with Crippen LogP contribution in [0.15, 0.2) is 5.16 Å². The van der Waals surface area contributed by atoms with Gasteiger partial charge in [-0.3, -0.25) is 0 Å². The third kappa shape index (κ3) is 3.76. The zero-order valence-electron chi connectivity index (χ0n) is 12.3. The molecule has 0 unspecified atom stereocenters. The van der Waals surface area contributed by atoms with Crippen LogP contribution >= 0.6 is 11.8 Å². The van der Waals surface area contributed by atoms with E-state index in [-0.39, 0.29) is 24.2 Å². The highest BCUT2D eigenvalue weighted by molar-refractivity contribution is 7.98. The summed E-state index contributed by atoms with van der Waals surface area (Å²) in [5.74, 6) is 0.151. The fourth-order valence-electron chi connectivity index (χ4n) is 1.93. The topological polar surface area (TPSA) is 82.6 Å². The quantitative estimate of drug-likeness (QED) is 0.481. The second kappa shape index (κ2) is 7.46. The van der Waals surface area contributed by atoms with Crippen LogP contribution < -0.4 is 10.1 Å². The summed E-state index contributed by atoms with van der Waals surface area (Å²) in [4.78, 5) is 20.7. The summed E-state index contributed by atoms with van der Waals surface area (Å²) in [5.41, 5.74) is 0.226. The molecule has 0 aliphatic carbocycles. The number of rotatable bonds is 6. The van der Waals surface area contributed by atoms with Crippen LogP contribution in [0.5, 0.6) is 5.88 Å². The molecule has 0 bridgehead atoms. The Hall–Kier alpha value is -1.54. The SMILES string of the molecule is CCOC(=O)c1c(NC)nc(SC)nc1O[C@H]1CCOC1. The number of esters is 1. The molecule has 1 aliphatic rings. The van der Waals surface area contributed by atoms with Crippen molar-refractivity contribution in [1.29, 1.82) is 0 Å². The lowest BCUT2D eigenvalue weighted by atomic mass is 10.2. The van der Waals surface area contributed by atoms with E-state index in [9.17, 15) is 4.79 Å². The van der Waals surface area contributed by atoms with Crippen LogP contribution in [0.25, 0.3) is 0 Å². The lowest BCUT2D eigenvalue weighted by molar-refractivity contribution is 0.0516. The number of hydrogen-bond acceptors (Lipinski definition) is 8. The van der Waals surface area contributed by atoms with Gasteiger partial charge in [-0.05, 0) is 13.2 Å². The molecular weight excluding hydrogens is 294 g/mol. The van der Waals surface area contributed by atoms with Crippen molar-refractivity contribution in [2.45, 2.75) is 24.6 Å². The molecule has 1 saturated heterocycles. The number of ether oxygens (including phenoxy) is 3. The minimum Gasteiger partial charge on any atom is -0.471 e. The fourth-order valence-corrected chi connectivity index (χ4v) is 2.29. The van der Waals surface area contributed by atoms with Crippen LogP contribution in [0.3, 0.4) is 0 Å². The Morgan fingerprint density at radius 2 is 2.33 bits per heavy atom. The van der Waals surface area contributed by atoms with Gasteiger partial charge in [0.2, 0.25) is 5.88 Å². The molecule has 21 heavy (non-hydrogen) atoms. The van der Waals surface area contributed by atoms with Crippen molar-refractivity contribution >= 4 is 23.5 Å². The van der Waals surface area contributed by atoms with Gasteiger partial charge in [-0.2, -0.15) is 4.98 Å². The maximum absolute atomic E-state index is 12.2. The molecule has 0 radical (unpaired) electrons. The summed E-state index contributed by atoms with van der Waals surface area (Å²) in [7, 11) is 1.69. The van der Waals surface area contributed by atoms with Crippen LogP contribution in [-0.2, 0) is 9.47 Å². The van der Waals surface area contributed by atoms with Crippen molar-refractivity contribution in [2.75, 3.05) is 38.4 Å². The van der Waals surface area contributed by atoms with Crippen LogP contribution in [0.1, 0.15) is 23.7 Å². The van der Waals surface area contributed by atoms with E-state index in [2.05, 4.69) is 15.3 Å². The van der Waals surface area contributed by atoms with E-state index in [0.717, 1.165) is 6.42 Å². The molecule has 1 aromatic rings. The van der Waals surface area contributed by atoms with Crippen molar-refractivity contribution in [1.82, 2.24) is 9.97 Å². The van der Waals surface area contributed by atoms with Crippen LogP contribution in [-0.4, -0.2) is 55.2 Å². The Labute approximate surface area is 127 Å². The number of anilines is 1. The van der Waals surface area contributed by atoms with Gasteiger partial charge in [0.15, 0.2) is 10.7 Å². The summed E-state index contributed by atoms with van der Waals surface area (Å²) in [5, 5.41) is 3.43. The number of aromatic nitrogens is 2. The number of thioether (sulfide) groups is 1. The highest BCUT2D eigenvalue weighted by Crippen LogP contribution is 2.28. The summed E-state index contributed by atoms with van der Waals surface area (Å²) in [6, 6.07) is 0. The number of nitrogens with zero attached hydrogens (tertiary/aromatic N) is 2. The van der Waals surface area contributed by atoms with Crippen molar-refractivity contribution in [3.63, 3.8) is 0 Å². The van der Waals surface area contributed by atoms with E-state index in [1.54, 1.807) is 14.0 Å². The maximum Gasteiger partial charge on any atom is 0.347 e. The molecule has 116 valence electrons. The summed E-state index contributed by atoms with van der Waals surface area (Å²) < 4.78 is 16.2. The predicted octanol–water partition coefficient (Wildman–Crippen LogP) is 1.58. The van der Waals surface area contributed by atoms with E-state index in [1.165, 1.54) is 11.8 Å². The van der Waals surface area contributed by atoms with Gasteiger partial charge in [-0.25, -0.2) is 9.78 Å². The van der Waals surface area contributed by atoms with Gasteiger partial charge in [0, 0.05) is 13.5 Å². The van der Waals surface area contributed by atoms with Crippen LogP contribution in [0.2, 0.25) is 0 Å². The van der Waals surface area contributed by atoms with Crippen molar-refractivity contribution in [3.05, 3.63) is 5.56 Å². The molecular formula is C13H19N3O4S. The molecule has 2 heterocycles. The molecule has 1 aromatic heterocycles. The predicted molar refractivity (Wildman–Crippen MR) is 79.2 cm³/mol. The summed E-state index contributed by atoms with van der Waals surface area (Å²) in [6.07, 6.45) is 2.53. The maximum atomic E-state index is 12.2. The monoisotopic (exact) mass is 313 g/mol. The third-order valence-corrected chi connectivity index (χ3v) is 3.47. The van der Waals surface area contributed by atoms with E-state index in [1.807, 2.05) is 6.26 Å². The van der Waals surface area contributed by atoms with Crippen LogP contribution in [0.4, 0.5) is 5.82 Å². The third-order valence-electron chi connectivity index (χ3n) is 2.92. The lowest BCUT2D eigenvalue weighted by Gasteiger charge is -2.16. The molecule has 0 spiro atoms. The summed E-state index contributed by atoms with van der Waals surface area (Å²) in [6.45, 7) is 3.17. The van der Waals surface area contributed by atoms with E-state index >= 15 is 0 Å². The highest BCUT2D eigenvalue weighted by atomic mass is 32.2. The van der Waals surface area contributed by atoms with E-state index in [4.69, 9.17) is 14.2 Å². The fraction of sp³-hybridized carbons (Fsp3) is 0.615. The largest absolute Gasteiger partial charge is 0.471 e. The van der Waals surface area contributed by atoms with Gasteiger partial charge in [0.05, 0.1) is 19.8 Å². The average Bonchev–Trinajstić information content (AvgIpc) is 2.99. The van der Waals surface area contributed by atoms with Gasteiger partial charge in [0.1, 0.15) is 11.9 Å². The lowest BCUT2D eigenvalue weighted by Crippen LogP contribution is -2.21. The standard InChI is InChI=1S/C13H19N3O4S/c1-4-19-12(17)9-10(14-2)15-13(21-3)16-11(9)20-8-5-6-18-7-8/h8H,4-7H2,1-3H3,(H,14,15,16)/t8-/m0/s1. The molecule has 0 aromatic carbocycles. The molecule has 0 saturated carbocycles. The Kier molecular flexibility index (Phi) is 5.63. The zero-order chi connectivity index (χ0) is 15.2. The average molecular weight is 313 g/mol. The van der Waals surface area contributed by atoms with E-state index in [0.29, 0.717) is 24.2 Å². The Morgan fingerprint density at radius 1 is 1.52 bits per heavy atom. The minimum absolute atomic E-state index is 0.104. The Morgan fingerprint density at radius 3 is 2.90 bits per heavy atom. The molecule has 1 fully saturated rings. The van der Waals surface area contributed by atoms with Crippen molar-refractivity contribution in [3.8, 4) is 5.88 Å². The highest BCUT2D eigenvalue weighted by Gasteiger charge is 2.26. The van der Waals surface area contributed by atoms with Gasteiger partial charge in [-0.15, -0.1) is 0 Å². The van der Waals surface area contributed by atoms with Crippen molar-refractivity contribution < 1.29 is 19.0 Å². The number of hydrogen-bond donors (Lipinski definition) is 1. The van der Waals surface area contributed by atoms with Gasteiger partial charge < -0.3 is 19.5 Å². The molecule has 7 nitrogen and oxygen atoms in total. The van der Waals surface area contributed by atoms with Crippen LogP contribution in [0, 0.1) is 0 Å². The molecule has 8 heteroatoms. The molecule has 1 atom stereocenters. The zero-order valence-corrected chi connectivity index (χ0v) is 13.2. The summed E-state index contributed by atoms with van der Waals surface area (Å²) >= 11 is 1.38. The molecule has 1 N–H and O–H groups in total. The second-order valence-electron chi connectivity index (χ2n) is 4.31. The Balaban J connectivity index is 2.38. The number of carbonyl (C=O) groups excluding carboxylic acids is 1. The van der Waals surface area contributed by atoms with Gasteiger partial charge >= 0.3 is 5.97 Å². The number of carbonyl (C=O) groups is 1. The van der Waals surface area contributed by atoms with E-state index < -0.39 is 5.97 Å². The first kappa shape index (κ1) is 15.8. The van der Waals surface area contributed by atoms with Crippen molar-refractivity contribution in [2.24, 2.45) is 0 Å². The Bertz CT molecular complexity index is 506. The van der Waals surface area contributed by atoms with Gasteiger partial charge in [-0.1, -0.05) is 11.8 Å². The first-order valence-corrected chi connectivity index (χ1v) is 7.97. The first-order valence-electron chi connectivity index (χ1n) is 6.74. The molecule has 0 amide bonds. The second-order valence-corrected chi connectivity index (χ2v) is 5.09. The smallest absolute Gasteiger partial charge is 0.347 e.